The molecule has 1 aromatic heterocycles. The smallest absolute Gasteiger partial charge is 0.173 e. The molecule has 4 heteroatoms. The molecule has 0 spiro atoms. The Morgan fingerprint density at radius 3 is 2.57 bits per heavy atom. The summed E-state index contributed by atoms with van der Waals surface area (Å²) >= 11 is 5.75. The first-order valence-corrected chi connectivity index (χ1v) is 8.80. The van der Waals surface area contributed by atoms with Crippen LogP contribution in [-0.4, -0.2) is 21.1 Å². The summed E-state index contributed by atoms with van der Waals surface area (Å²) in [5.74, 6) is 0.752. The number of para-hydroxylation sites is 1. The molecule has 0 bridgehead atoms. The van der Waals surface area contributed by atoms with Gasteiger partial charge in [-0.1, -0.05) is 25.1 Å². The van der Waals surface area contributed by atoms with E-state index in [9.17, 15) is 0 Å². The molecule has 3 rings (SSSR count). The molecule has 122 valence electrons. The van der Waals surface area contributed by atoms with Gasteiger partial charge in [0, 0.05) is 31.2 Å². The first-order valence-electron chi connectivity index (χ1n) is 8.39. The van der Waals surface area contributed by atoms with Crippen LogP contribution in [0.1, 0.15) is 37.9 Å². The minimum absolute atomic E-state index is 0.351. The second kappa shape index (κ2) is 7.18. The van der Waals surface area contributed by atoms with Gasteiger partial charge in [0.2, 0.25) is 0 Å². The van der Waals surface area contributed by atoms with Crippen LogP contribution in [0, 0.1) is 5.92 Å². The zero-order valence-electron chi connectivity index (χ0n) is 13.9. The predicted molar refractivity (Wildman–Crippen MR) is 101 cm³/mol. The summed E-state index contributed by atoms with van der Waals surface area (Å²) in [6.45, 7) is 3.36. The highest BCUT2D eigenvalue weighted by Gasteiger charge is 2.28. The fourth-order valence-corrected chi connectivity index (χ4v) is 3.68. The van der Waals surface area contributed by atoms with Crippen LogP contribution in [0.4, 0.5) is 5.69 Å². The van der Waals surface area contributed by atoms with Crippen molar-refractivity contribution in [2.24, 2.45) is 13.0 Å². The highest BCUT2D eigenvalue weighted by Crippen LogP contribution is 2.32. The third-order valence-corrected chi connectivity index (χ3v) is 5.12. The topological polar surface area (TPSA) is 20.2 Å². The lowest BCUT2D eigenvalue weighted by molar-refractivity contribution is 0.314. The summed E-state index contributed by atoms with van der Waals surface area (Å²) in [7, 11) is 2.12. The molecule has 2 atom stereocenters. The molecule has 1 N–H and O–H groups in total. The van der Waals surface area contributed by atoms with Crippen molar-refractivity contribution in [3.8, 4) is 0 Å². The second-order valence-electron chi connectivity index (χ2n) is 6.52. The van der Waals surface area contributed by atoms with Crippen LogP contribution in [0.25, 0.3) is 0 Å². The molecule has 0 aliphatic carbocycles. The quantitative estimate of drug-likeness (QED) is 0.815. The normalized spacial score (nSPS) is 21.7. The summed E-state index contributed by atoms with van der Waals surface area (Å²) in [5, 5.41) is 4.24. The van der Waals surface area contributed by atoms with Gasteiger partial charge in [-0.25, -0.2) is 0 Å². The largest absolute Gasteiger partial charge is 0.353 e. The van der Waals surface area contributed by atoms with Crippen molar-refractivity contribution in [2.75, 3.05) is 11.9 Å². The molecule has 1 fully saturated rings. The van der Waals surface area contributed by atoms with Gasteiger partial charge < -0.3 is 14.8 Å². The van der Waals surface area contributed by atoms with Crippen LogP contribution in [0.2, 0.25) is 0 Å². The van der Waals surface area contributed by atoms with E-state index in [1.165, 1.54) is 18.5 Å². The monoisotopic (exact) mass is 327 g/mol. The van der Waals surface area contributed by atoms with Crippen molar-refractivity contribution in [2.45, 2.75) is 32.2 Å². The summed E-state index contributed by atoms with van der Waals surface area (Å²) in [4.78, 5) is 2.38. The number of anilines is 1. The van der Waals surface area contributed by atoms with Gasteiger partial charge in [0.25, 0.3) is 0 Å². The van der Waals surface area contributed by atoms with Crippen LogP contribution in [-0.2, 0) is 7.05 Å². The van der Waals surface area contributed by atoms with Gasteiger partial charge in [0.05, 0.1) is 6.04 Å². The molecule has 23 heavy (non-hydrogen) atoms. The highest BCUT2D eigenvalue weighted by molar-refractivity contribution is 7.80. The zero-order valence-corrected chi connectivity index (χ0v) is 14.7. The van der Waals surface area contributed by atoms with E-state index in [1.807, 2.05) is 18.2 Å². The molecule has 3 nitrogen and oxygen atoms in total. The first kappa shape index (κ1) is 16.1. The molecular weight excluding hydrogens is 302 g/mol. The van der Waals surface area contributed by atoms with Crippen molar-refractivity contribution in [1.82, 2.24) is 9.47 Å². The average Bonchev–Trinajstić information content (AvgIpc) is 2.87. The van der Waals surface area contributed by atoms with Gasteiger partial charge in [-0.15, -0.1) is 0 Å². The molecule has 0 unspecified atom stereocenters. The Labute approximate surface area is 144 Å². The maximum atomic E-state index is 5.75. The standard InChI is InChI=1S/C19H25N3S/c1-15-10-11-18(17-9-6-13-21(17)2)22(14-12-15)19(23)20-16-7-4-3-5-8-16/h3-9,13,15,18H,10-12,14H2,1-2H3,(H,20,23)/t15-,18+/m0/s1. The number of aromatic nitrogens is 1. The number of nitrogens with one attached hydrogen (secondary N) is 1. The maximum absolute atomic E-state index is 5.75. The van der Waals surface area contributed by atoms with Crippen molar-refractivity contribution < 1.29 is 0 Å². The Kier molecular flexibility index (Phi) is 5.01. The fourth-order valence-electron chi connectivity index (χ4n) is 3.35. The lowest BCUT2D eigenvalue weighted by Crippen LogP contribution is -2.38. The van der Waals surface area contributed by atoms with Crippen molar-refractivity contribution in [3.05, 3.63) is 54.4 Å². The van der Waals surface area contributed by atoms with Gasteiger partial charge >= 0.3 is 0 Å². The fraction of sp³-hybridized carbons (Fsp3) is 0.421. The number of thiocarbonyl (C=S) groups is 1. The molecular formula is C19H25N3S. The van der Waals surface area contributed by atoms with E-state index in [0.717, 1.165) is 29.7 Å². The third kappa shape index (κ3) is 3.75. The SMILES string of the molecule is C[C@H]1CC[C@H](c2cccn2C)N(C(=S)Nc2ccccc2)CC1. The van der Waals surface area contributed by atoms with Crippen LogP contribution in [0.5, 0.6) is 0 Å². The minimum Gasteiger partial charge on any atom is -0.353 e. The van der Waals surface area contributed by atoms with Crippen LogP contribution in [0.15, 0.2) is 48.7 Å². The summed E-state index contributed by atoms with van der Waals surface area (Å²) in [6, 6.07) is 14.9. The number of hydrogen-bond donors (Lipinski definition) is 1. The lowest BCUT2D eigenvalue weighted by Gasteiger charge is -2.33. The van der Waals surface area contributed by atoms with E-state index in [2.05, 4.69) is 59.2 Å². The van der Waals surface area contributed by atoms with Crippen molar-refractivity contribution in [3.63, 3.8) is 0 Å². The van der Waals surface area contributed by atoms with Gasteiger partial charge in [-0.2, -0.15) is 0 Å². The Balaban J connectivity index is 1.83. The number of nitrogens with zero attached hydrogens (tertiary/aromatic N) is 2. The molecule has 1 saturated heterocycles. The highest BCUT2D eigenvalue weighted by atomic mass is 32.1. The molecule has 1 aliphatic rings. The number of rotatable bonds is 2. The zero-order chi connectivity index (χ0) is 16.2. The molecule has 1 aromatic carbocycles. The van der Waals surface area contributed by atoms with Crippen LogP contribution >= 0.6 is 12.2 Å². The summed E-state index contributed by atoms with van der Waals surface area (Å²) in [5.41, 5.74) is 2.40. The van der Waals surface area contributed by atoms with E-state index in [4.69, 9.17) is 12.2 Å². The second-order valence-corrected chi connectivity index (χ2v) is 6.91. The Morgan fingerprint density at radius 1 is 1.09 bits per heavy atom. The summed E-state index contributed by atoms with van der Waals surface area (Å²) < 4.78 is 2.22. The lowest BCUT2D eigenvalue weighted by atomic mass is 10.0. The van der Waals surface area contributed by atoms with Crippen molar-refractivity contribution in [1.29, 1.82) is 0 Å². The van der Waals surface area contributed by atoms with Gasteiger partial charge in [0.1, 0.15) is 0 Å². The molecule has 2 aromatic rings. The van der Waals surface area contributed by atoms with E-state index in [0.29, 0.717) is 6.04 Å². The number of likely N-dealkylation sites (tertiary alicyclic amines) is 1. The summed E-state index contributed by atoms with van der Waals surface area (Å²) in [6.07, 6.45) is 5.71. The van der Waals surface area contributed by atoms with E-state index >= 15 is 0 Å². The first-order chi connectivity index (χ1) is 11.1. The number of aryl methyl sites for hydroxylation is 1. The minimum atomic E-state index is 0.351. The van der Waals surface area contributed by atoms with E-state index in [1.54, 1.807) is 0 Å². The van der Waals surface area contributed by atoms with Gasteiger partial charge in [-0.3, -0.25) is 0 Å². The number of hydrogen-bond acceptors (Lipinski definition) is 1. The molecule has 1 aliphatic heterocycles. The van der Waals surface area contributed by atoms with Crippen LogP contribution in [0.3, 0.4) is 0 Å². The maximum Gasteiger partial charge on any atom is 0.173 e. The third-order valence-electron chi connectivity index (χ3n) is 4.78. The predicted octanol–water partition coefficient (Wildman–Crippen LogP) is 4.59. The molecule has 0 amide bonds. The van der Waals surface area contributed by atoms with Crippen LogP contribution < -0.4 is 5.32 Å². The molecule has 0 saturated carbocycles. The Bertz CT molecular complexity index is 650. The number of benzene rings is 1. The van der Waals surface area contributed by atoms with E-state index < -0.39 is 0 Å². The Hall–Kier alpha value is -1.81. The molecule has 2 heterocycles. The van der Waals surface area contributed by atoms with Gasteiger partial charge in [0.15, 0.2) is 5.11 Å². The van der Waals surface area contributed by atoms with Crippen molar-refractivity contribution >= 4 is 23.0 Å². The Morgan fingerprint density at radius 2 is 1.87 bits per heavy atom. The van der Waals surface area contributed by atoms with E-state index in [-0.39, 0.29) is 0 Å². The molecule has 0 radical (unpaired) electrons. The van der Waals surface area contributed by atoms with Gasteiger partial charge in [-0.05, 0) is 61.7 Å². The average molecular weight is 327 g/mol.